The molecule has 1 aliphatic heterocycles. The number of fused-ring (bicyclic) bond motifs is 1. The second-order valence-corrected chi connectivity index (χ2v) is 6.97. The minimum absolute atomic E-state index is 0.116. The van der Waals surface area contributed by atoms with E-state index in [0.29, 0.717) is 32.8 Å². The van der Waals surface area contributed by atoms with E-state index in [4.69, 9.17) is 4.74 Å². The molecule has 5 nitrogen and oxygen atoms in total. The topological polar surface area (TPSA) is 58.3 Å². The van der Waals surface area contributed by atoms with Crippen LogP contribution < -0.4 is 0 Å². The van der Waals surface area contributed by atoms with E-state index in [1.54, 1.807) is 17.0 Å². The van der Waals surface area contributed by atoms with Gasteiger partial charge in [0.1, 0.15) is 17.5 Å². The summed E-state index contributed by atoms with van der Waals surface area (Å²) in [6.45, 7) is 2.56. The molecule has 3 aromatic rings. The second-order valence-electron chi connectivity index (χ2n) is 6.97. The van der Waals surface area contributed by atoms with E-state index in [-0.39, 0.29) is 17.3 Å². The van der Waals surface area contributed by atoms with E-state index in [0.717, 1.165) is 22.0 Å². The van der Waals surface area contributed by atoms with Gasteiger partial charge in [-0.25, -0.2) is 4.39 Å². The third-order valence-corrected chi connectivity index (χ3v) is 5.00. The van der Waals surface area contributed by atoms with Crippen LogP contribution in [0.5, 0.6) is 0 Å². The Bertz CT molecular complexity index is 1120. The highest BCUT2D eigenvalue weighted by atomic mass is 19.1. The number of nitriles is 1. The van der Waals surface area contributed by atoms with Crippen LogP contribution >= 0.6 is 0 Å². The van der Waals surface area contributed by atoms with Gasteiger partial charge in [-0.1, -0.05) is 18.2 Å². The van der Waals surface area contributed by atoms with Crippen molar-refractivity contribution in [3.05, 3.63) is 77.2 Å². The Hall–Kier alpha value is -3.43. The summed E-state index contributed by atoms with van der Waals surface area (Å²) in [5, 5.41) is 10.5. The number of rotatable bonds is 4. The third kappa shape index (κ3) is 4.20. The van der Waals surface area contributed by atoms with Gasteiger partial charge in [-0.05, 0) is 47.5 Å². The number of nitrogens with zero attached hydrogens (tertiary/aromatic N) is 3. The molecule has 0 saturated carbocycles. The number of amides is 1. The van der Waals surface area contributed by atoms with Crippen LogP contribution in [0.1, 0.15) is 11.1 Å². The van der Waals surface area contributed by atoms with Crippen LogP contribution in [0.3, 0.4) is 0 Å². The summed E-state index contributed by atoms with van der Waals surface area (Å²) in [5.74, 6) is -0.514. The first kappa shape index (κ1) is 18.9. The quantitative estimate of drug-likeness (QED) is 0.506. The van der Waals surface area contributed by atoms with E-state index in [1.165, 1.54) is 12.1 Å². The predicted octanol–water partition coefficient (Wildman–Crippen LogP) is 3.59. The van der Waals surface area contributed by atoms with Crippen LogP contribution in [0.15, 0.2) is 60.3 Å². The largest absolute Gasteiger partial charge is 0.378 e. The Labute approximate surface area is 168 Å². The number of benzene rings is 2. The first-order valence-corrected chi connectivity index (χ1v) is 9.46. The van der Waals surface area contributed by atoms with Crippen molar-refractivity contribution in [2.24, 2.45) is 0 Å². The molecule has 1 amide bonds. The van der Waals surface area contributed by atoms with Crippen LogP contribution in [0.2, 0.25) is 0 Å². The fourth-order valence-electron chi connectivity index (χ4n) is 3.52. The van der Waals surface area contributed by atoms with Crippen molar-refractivity contribution in [1.29, 1.82) is 5.26 Å². The first-order chi connectivity index (χ1) is 14.1. The summed E-state index contributed by atoms with van der Waals surface area (Å²) in [7, 11) is 0. The van der Waals surface area contributed by atoms with Crippen molar-refractivity contribution >= 4 is 22.9 Å². The fraction of sp³-hybridized carbons (Fsp3) is 0.217. The predicted molar refractivity (Wildman–Crippen MR) is 108 cm³/mol. The molecule has 1 aliphatic rings. The Morgan fingerprint density at radius 3 is 2.76 bits per heavy atom. The highest BCUT2D eigenvalue weighted by Gasteiger charge is 2.20. The monoisotopic (exact) mass is 389 g/mol. The Kier molecular flexibility index (Phi) is 5.41. The SMILES string of the molecule is N#C/C(=C\c1ccc2c(ccn2Cc2cccc(F)c2)c1)C(=O)N1CCOCC1. The molecule has 6 heteroatoms. The molecule has 0 radical (unpaired) electrons. The van der Waals surface area contributed by atoms with Crippen molar-refractivity contribution in [1.82, 2.24) is 9.47 Å². The normalized spacial score (nSPS) is 14.8. The smallest absolute Gasteiger partial charge is 0.264 e. The first-order valence-electron chi connectivity index (χ1n) is 9.46. The van der Waals surface area contributed by atoms with Gasteiger partial charge in [0.05, 0.1) is 13.2 Å². The average Bonchev–Trinajstić information content (AvgIpc) is 3.14. The summed E-state index contributed by atoms with van der Waals surface area (Å²) in [6.07, 6.45) is 3.58. The van der Waals surface area contributed by atoms with E-state index >= 15 is 0 Å². The Morgan fingerprint density at radius 2 is 2.00 bits per heavy atom. The van der Waals surface area contributed by atoms with Gasteiger partial charge in [0.2, 0.25) is 0 Å². The van der Waals surface area contributed by atoms with Gasteiger partial charge in [0.25, 0.3) is 5.91 Å². The lowest BCUT2D eigenvalue weighted by Gasteiger charge is -2.26. The maximum absolute atomic E-state index is 13.4. The molecular weight excluding hydrogens is 369 g/mol. The number of ether oxygens (including phenoxy) is 1. The maximum atomic E-state index is 13.4. The number of aromatic nitrogens is 1. The summed E-state index contributed by atoms with van der Waals surface area (Å²) in [6, 6.07) is 16.3. The molecular formula is C23H20FN3O2. The van der Waals surface area contributed by atoms with Crippen molar-refractivity contribution in [3.63, 3.8) is 0 Å². The van der Waals surface area contributed by atoms with Crippen molar-refractivity contribution < 1.29 is 13.9 Å². The molecule has 0 atom stereocenters. The molecule has 1 saturated heterocycles. The highest BCUT2D eigenvalue weighted by molar-refractivity contribution is 6.02. The van der Waals surface area contributed by atoms with Crippen molar-refractivity contribution in [2.45, 2.75) is 6.54 Å². The highest BCUT2D eigenvalue weighted by Crippen LogP contribution is 2.21. The zero-order chi connectivity index (χ0) is 20.2. The van der Waals surface area contributed by atoms with Crippen LogP contribution in [0.25, 0.3) is 17.0 Å². The lowest BCUT2D eigenvalue weighted by molar-refractivity contribution is -0.130. The standard InChI is InChI=1S/C23H20FN3O2/c24-21-3-1-2-18(14-21)16-27-7-6-19-12-17(4-5-22(19)27)13-20(15-25)23(28)26-8-10-29-11-9-26/h1-7,12-14H,8-11,16H2/b20-13+. The number of carbonyl (C=O) groups excluding carboxylic acids is 1. The molecule has 0 N–H and O–H groups in total. The zero-order valence-electron chi connectivity index (χ0n) is 15.8. The lowest BCUT2D eigenvalue weighted by atomic mass is 10.1. The Morgan fingerprint density at radius 1 is 1.17 bits per heavy atom. The molecule has 29 heavy (non-hydrogen) atoms. The van der Waals surface area contributed by atoms with Gasteiger partial charge >= 0.3 is 0 Å². The molecule has 2 heterocycles. The molecule has 146 valence electrons. The molecule has 4 rings (SSSR count). The summed E-state index contributed by atoms with van der Waals surface area (Å²) < 4.78 is 20.7. The van der Waals surface area contributed by atoms with Crippen molar-refractivity contribution in [3.8, 4) is 6.07 Å². The van der Waals surface area contributed by atoms with Gasteiger partial charge in [0.15, 0.2) is 0 Å². The van der Waals surface area contributed by atoms with Crippen molar-refractivity contribution in [2.75, 3.05) is 26.3 Å². The number of hydrogen-bond acceptors (Lipinski definition) is 3. The van der Waals surface area contributed by atoms with Gasteiger partial charge in [-0.2, -0.15) is 5.26 Å². The van der Waals surface area contributed by atoms with Crippen LogP contribution in [-0.4, -0.2) is 41.7 Å². The zero-order valence-corrected chi connectivity index (χ0v) is 15.8. The molecule has 0 bridgehead atoms. The molecule has 0 aliphatic carbocycles. The molecule has 2 aromatic carbocycles. The number of halogens is 1. The molecule has 1 aromatic heterocycles. The minimum atomic E-state index is -0.264. The molecule has 0 unspecified atom stereocenters. The van der Waals surface area contributed by atoms with Crippen LogP contribution in [-0.2, 0) is 16.1 Å². The number of hydrogen-bond donors (Lipinski definition) is 0. The summed E-state index contributed by atoms with van der Waals surface area (Å²) in [4.78, 5) is 14.2. The third-order valence-electron chi connectivity index (χ3n) is 5.00. The number of carbonyl (C=O) groups is 1. The van der Waals surface area contributed by atoms with Crippen LogP contribution in [0.4, 0.5) is 4.39 Å². The van der Waals surface area contributed by atoms with Gasteiger partial charge in [-0.15, -0.1) is 0 Å². The van der Waals surface area contributed by atoms with Gasteiger partial charge < -0.3 is 14.2 Å². The fourth-order valence-corrected chi connectivity index (χ4v) is 3.52. The molecule has 1 fully saturated rings. The minimum Gasteiger partial charge on any atom is -0.378 e. The van der Waals surface area contributed by atoms with E-state index in [2.05, 4.69) is 0 Å². The average molecular weight is 389 g/mol. The maximum Gasteiger partial charge on any atom is 0.264 e. The Balaban J connectivity index is 1.58. The van der Waals surface area contributed by atoms with Crippen LogP contribution in [0, 0.1) is 17.1 Å². The van der Waals surface area contributed by atoms with E-state index in [9.17, 15) is 14.4 Å². The van der Waals surface area contributed by atoms with E-state index < -0.39 is 0 Å². The lowest BCUT2D eigenvalue weighted by Crippen LogP contribution is -2.41. The van der Waals surface area contributed by atoms with Gasteiger partial charge in [0, 0.05) is 36.7 Å². The molecule has 0 spiro atoms. The second kappa shape index (κ2) is 8.29. The summed E-state index contributed by atoms with van der Waals surface area (Å²) in [5.41, 5.74) is 2.79. The number of morpholine rings is 1. The van der Waals surface area contributed by atoms with Gasteiger partial charge in [-0.3, -0.25) is 4.79 Å². The summed E-state index contributed by atoms with van der Waals surface area (Å²) >= 11 is 0. The van der Waals surface area contributed by atoms with E-state index in [1.807, 2.05) is 47.2 Å².